The number of nitrogens with zero attached hydrogens (tertiary/aromatic N) is 1. The molecule has 25 heavy (non-hydrogen) atoms. The van der Waals surface area contributed by atoms with Gasteiger partial charge in [-0.3, -0.25) is 14.5 Å². The van der Waals surface area contributed by atoms with E-state index < -0.39 is 5.97 Å². The van der Waals surface area contributed by atoms with Crippen molar-refractivity contribution in [2.24, 2.45) is 0 Å². The smallest absolute Gasteiger partial charge is 0.341 e. The summed E-state index contributed by atoms with van der Waals surface area (Å²) in [7, 11) is 0. The standard InChI is InChI=1S/C18H14ClNO5/c19-11-6-7-15(21)14(10-11)18(24)25-9-3-8-20-16(22)12-4-1-2-5-13(12)17(20)23/h1-2,4-7,10,21H,3,8-9H2. The Bertz CT molecular complexity index is 829. The fraction of sp³-hybridized carbons (Fsp3) is 0.167. The molecule has 3 rings (SSSR count). The molecule has 0 aliphatic carbocycles. The first-order valence-electron chi connectivity index (χ1n) is 7.60. The first-order chi connectivity index (χ1) is 12.0. The van der Waals surface area contributed by atoms with Gasteiger partial charge in [-0.2, -0.15) is 0 Å². The van der Waals surface area contributed by atoms with E-state index in [4.69, 9.17) is 16.3 Å². The summed E-state index contributed by atoms with van der Waals surface area (Å²) < 4.78 is 5.06. The lowest BCUT2D eigenvalue weighted by molar-refractivity contribution is 0.0479. The van der Waals surface area contributed by atoms with Crippen molar-refractivity contribution in [2.45, 2.75) is 6.42 Å². The van der Waals surface area contributed by atoms with Crippen molar-refractivity contribution >= 4 is 29.4 Å². The predicted octanol–water partition coefficient (Wildman–Crippen LogP) is 2.89. The highest BCUT2D eigenvalue weighted by molar-refractivity contribution is 6.31. The van der Waals surface area contributed by atoms with Crippen LogP contribution < -0.4 is 0 Å². The zero-order valence-electron chi connectivity index (χ0n) is 13.1. The number of carbonyl (C=O) groups excluding carboxylic acids is 3. The number of fused-ring (bicyclic) bond motifs is 1. The highest BCUT2D eigenvalue weighted by Crippen LogP contribution is 2.23. The zero-order chi connectivity index (χ0) is 18.0. The van der Waals surface area contributed by atoms with Gasteiger partial charge in [0.1, 0.15) is 11.3 Å². The summed E-state index contributed by atoms with van der Waals surface area (Å²) >= 11 is 5.78. The van der Waals surface area contributed by atoms with Gasteiger partial charge >= 0.3 is 5.97 Å². The third kappa shape index (κ3) is 3.34. The highest BCUT2D eigenvalue weighted by Gasteiger charge is 2.34. The second-order valence-electron chi connectivity index (χ2n) is 5.46. The van der Waals surface area contributed by atoms with Gasteiger partial charge < -0.3 is 9.84 Å². The van der Waals surface area contributed by atoms with E-state index in [1.165, 1.54) is 18.2 Å². The molecule has 2 amide bonds. The number of phenolic OH excluding ortho intramolecular Hbond substituents is 1. The van der Waals surface area contributed by atoms with Crippen molar-refractivity contribution in [2.75, 3.05) is 13.2 Å². The number of halogens is 1. The van der Waals surface area contributed by atoms with E-state index >= 15 is 0 Å². The van der Waals surface area contributed by atoms with Gasteiger partial charge in [0.05, 0.1) is 17.7 Å². The molecule has 0 unspecified atom stereocenters. The maximum absolute atomic E-state index is 12.2. The molecule has 2 aromatic carbocycles. The van der Waals surface area contributed by atoms with Crippen LogP contribution in [0.5, 0.6) is 5.75 Å². The molecule has 0 saturated carbocycles. The van der Waals surface area contributed by atoms with Crippen molar-refractivity contribution in [3.8, 4) is 5.75 Å². The minimum Gasteiger partial charge on any atom is -0.507 e. The Hall–Kier alpha value is -2.86. The molecule has 1 N–H and O–H groups in total. The molecule has 0 saturated heterocycles. The Balaban J connectivity index is 1.54. The average molecular weight is 360 g/mol. The number of benzene rings is 2. The number of hydrogen-bond acceptors (Lipinski definition) is 5. The maximum Gasteiger partial charge on any atom is 0.341 e. The quantitative estimate of drug-likeness (QED) is 0.504. The number of ether oxygens (including phenoxy) is 1. The van der Waals surface area contributed by atoms with Crippen LogP contribution in [-0.4, -0.2) is 40.9 Å². The topological polar surface area (TPSA) is 83.9 Å². The minimum absolute atomic E-state index is 0.00179. The third-order valence-electron chi connectivity index (χ3n) is 3.82. The monoisotopic (exact) mass is 359 g/mol. The molecule has 2 aromatic rings. The number of rotatable bonds is 5. The Kier molecular flexibility index (Phi) is 4.72. The molecular formula is C18H14ClNO5. The van der Waals surface area contributed by atoms with Crippen molar-refractivity contribution in [1.29, 1.82) is 0 Å². The fourth-order valence-corrected chi connectivity index (χ4v) is 2.75. The Morgan fingerprint density at radius 2 is 1.72 bits per heavy atom. The van der Waals surface area contributed by atoms with Crippen molar-refractivity contribution in [1.82, 2.24) is 4.90 Å². The summed E-state index contributed by atoms with van der Waals surface area (Å²) in [5.74, 6) is -1.64. The Morgan fingerprint density at radius 1 is 1.08 bits per heavy atom. The van der Waals surface area contributed by atoms with Crippen LogP contribution in [0.4, 0.5) is 0 Å². The number of hydrogen-bond donors (Lipinski definition) is 1. The fourth-order valence-electron chi connectivity index (χ4n) is 2.58. The molecule has 0 spiro atoms. The van der Waals surface area contributed by atoms with Crippen LogP contribution >= 0.6 is 11.6 Å². The number of esters is 1. The van der Waals surface area contributed by atoms with Gasteiger partial charge in [-0.25, -0.2) is 4.79 Å². The molecule has 1 heterocycles. The number of amides is 2. The number of imide groups is 1. The number of aromatic hydroxyl groups is 1. The summed E-state index contributed by atoms with van der Waals surface area (Å²) in [5, 5.41) is 9.95. The first-order valence-corrected chi connectivity index (χ1v) is 7.97. The normalized spacial score (nSPS) is 13.1. The van der Waals surface area contributed by atoms with Crippen molar-refractivity contribution in [3.63, 3.8) is 0 Å². The van der Waals surface area contributed by atoms with E-state index in [0.717, 1.165) is 4.90 Å². The highest BCUT2D eigenvalue weighted by atomic mass is 35.5. The molecule has 0 fully saturated rings. The molecule has 6 nitrogen and oxygen atoms in total. The van der Waals surface area contributed by atoms with E-state index in [1.807, 2.05) is 0 Å². The van der Waals surface area contributed by atoms with Gasteiger partial charge in [-0.1, -0.05) is 23.7 Å². The molecule has 0 radical (unpaired) electrons. The van der Waals surface area contributed by atoms with Gasteiger partial charge in [-0.05, 0) is 36.8 Å². The minimum atomic E-state index is -0.720. The molecule has 0 aromatic heterocycles. The van der Waals surface area contributed by atoms with Crippen LogP contribution in [-0.2, 0) is 4.74 Å². The van der Waals surface area contributed by atoms with Crippen LogP contribution in [0.15, 0.2) is 42.5 Å². The lowest BCUT2D eigenvalue weighted by Gasteiger charge is -2.13. The first kappa shape index (κ1) is 17.0. The SMILES string of the molecule is O=C(OCCCN1C(=O)c2ccccc2C1=O)c1cc(Cl)ccc1O. The molecule has 1 aliphatic heterocycles. The molecule has 7 heteroatoms. The van der Waals surface area contributed by atoms with Gasteiger partial charge in [0.2, 0.25) is 0 Å². The van der Waals surface area contributed by atoms with Gasteiger partial charge in [-0.15, -0.1) is 0 Å². The van der Waals surface area contributed by atoms with Gasteiger partial charge in [0.25, 0.3) is 11.8 Å². The average Bonchev–Trinajstić information content (AvgIpc) is 2.85. The van der Waals surface area contributed by atoms with E-state index in [2.05, 4.69) is 0 Å². The molecule has 128 valence electrons. The zero-order valence-corrected chi connectivity index (χ0v) is 13.8. The second-order valence-corrected chi connectivity index (χ2v) is 5.89. The summed E-state index contributed by atoms with van der Waals surface area (Å²) in [4.78, 5) is 37.4. The Labute approximate surface area is 148 Å². The Morgan fingerprint density at radius 3 is 2.36 bits per heavy atom. The van der Waals surface area contributed by atoms with E-state index in [0.29, 0.717) is 22.6 Å². The van der Waals surface area contributed by atoms with Crippen LogP contribution in [0.2, 0.25) is 5.02 Å². The molecule has 1 aliphatic rings. The third-order valence-corrected chi connectivity index (χ3v) is 4.05. The summed E-state index contributed by atoms with van der Waals surface area (Å²) in [5.41, 5.74) is 0.731. The van der Waals surface area contributed by atoms with E-state index in [-0.39, 0.29) is 36.3 Å². The van der Waals surface area contributed by atoms with Gasteiger partial charge in [0, 0.05) is 11.6 Å². The van der Waals surface area contributed by atoms with E-state index in [1.54, 1.807) is 24.3 Å². The molecule has 0 bridgehead atoms. The lowest BCUT2D eigenvalue weighted by atomic mass is 10.1. The summed E-state index contributed by atoms with van der Waals surface area (Å²) in [6, 6.07) is 10.7. The summed E-state index contributed by atoms with van der Waals surface area (Å²) in [6.45, 7) is 0.138. The largest absolute Gasteiger partial charge is 0.507 e. The maximum atomic E-state index is 12.2. The van der Waals surface area contributed by atoms with Crippen LogP contribution in [0.25, 0.3) is 0 Å². The van der Waals surface area contributed by atoms with Crippen LogP contribution in [0, 0.1) is 0 Å². The van der Waals surface area contributed by atoms with Crippen LogP contribution in [0.3, 0.4) is 0 Å². The number of carbonyl (C=O) groups is 3. The van der Waals surface area contributed by atoms with Gasteiger partial charge in [0.15, 0.2) is 0 Å². The van der Waals surface area contributed by atoms with Crippen molar-refractivity contribution in [3.05, 3.63) is 64.2 Å². The second kappa shape index (κ2) is 6.94. The molecular weight excluding hydrogens is 346 g/mol. The lowest BCUT2D eigenvalue weighted by Crippen LogP contribution is -2.31. The van der Waals surface area contributed by atoms with Crippen molar-refractivity contribution < 1.29 is 24.2 Å². The number of phenols is 1. The summed E-state index contributed by atoms with van der Waals surface area (Å²) in [6.07, 6.45) is 0.290. The van der Waals surface area contributed by atoms with Crippen LogP contribution in [0.1, 0.15) is 37.5 Å². The van der Waals surface area contributed by atoms with E-state index in [9.17, 15) is 19.5 Å². The molecule has 0 atom stereocenters. The predicted molar refractivity (Wildman–Crippen MR) is 89.8 cm³/mol.